The monoisotopic (exact) mass is 312 g/mol. The minimum Gasteiger partial charge on any atom is -0.356 e. The second-order valence-electron chi connectivity index (χ2n) is 6.17. The maximum atomic E-state index is 11.6. The zero-order chi connectivity index (χ0) is 16.1. The summed E-state index contributed by atoms with van der Waals surface area (Å²) in [4.78, 5) is 22.1. The van der Waals surface area contributed by atoms with E-state index in [1.807, 2.05) is 37.3 Å². The number of H-pyrrole nitrogens is 1. The summed E-state index contributed by atoms with van der Waals surface area (Å²) in [5.74, 6) is 1.66. The molecule has 0 bridgehead atoms. The lowest BCUT2D eigenvalue weighted by molar-refractivity contribution is -0.120. The fourth-order valence-electron chi connectivity index (χ4n) is 3.07. The minimum atomic E-state index is 0.110. The number of hydrogen-bond acceptors (Lipinski definition) is 3. The summed E-state index contributed by atoms with van der Waals surface area (Å²) in [5.41, 5.74) is 2.11. The molecule has 0 unspecified atom stereocenters. The second-order valence-corrected chi connectivity index (χ2v) is 6.17. The molecule has 1 saturated heterocycles. The van der Waals surface area contributed by atoms with Gasteiger partial charge in [-0.05, 0) is 37.9 Å². The van der Waals surface area contributed by atoms with Crippen molar-refractivity contribution in [3.8, 4) is 0 Å². The van der Waals surface area contributed by atoms with Crippen LogP contribution in [0.2, 0.25) is 0 Å². The van der Waals surface area contributed by atoms with Gasteiger partial charge >= 0.3 is 0 Å². The van der Waals surface area contributed by atoms with E-state index < -0.39 is 0 Å². The van der Waals surface area contributed by atoms with Gasteiger partial charge in [-0.25, -0.2) is 4.98 Å². The number of carbonyl (C=O) groups excluding carboxylic acids is 1. The van der Waals surface area contributed by atoms with Crippen LogP contribution in [0.3, 0.4) is 0 Å². The number of nitrogens with one attached hydrogen (secondary N) is 2. The molecular weight excluding hydrogens is 288 g/mol. The van der Waals surface area contributed by atoms with Crippen molar-refractivity contribution in [1.29, 1.82) is 0 Å². The summed E-state index contributed by atoms with van der Waals surface area (Å²) < 4.78 is 0. The van der Waals surface area contributed by atoms with Crippen LogP contribution < -0.4 is 5.32 Å². The molecule has 2 N–H and O–H groups in total. The van der Waals surface area contributed by atoms with Crippen molar-refractivity contribution < 1.29 is 4.79 Å². The normalized spacial score (nSPS) is 18.9. The van der Waals surface area contributed by atoms with Gasteiger partial charge in [0.15, 0.2) is 0 Å². The van der Waals surface area contributed by atoms with Crippen molar-refractivity contribution in [1.82, 2.24) is 20.2 Å². The molecule has 5 heteroatoms. The summed E-state index contributed by atoms with van der Waals surface area (Å²) in [6, 6.07) is 8.11. The number of imidazole rings is 1. The number of carbonyl (C=O) groups is 1. The number of benzene rings is 1. The van der Waals surface area contributed by atoms with Crippen LogP contribution in [0.5, 0.6) is 0 Å². The number of nitrogens with zero attached hydrogens (tertiary/aromatic N) is 2. The lowest BCUT2D eigenvalue weighted by atomic mass is 10.1. The molecule has 0 saturated carbocycles. The highest BCUT2D eigenvalue weighted by atomic mass is 16.1. The fraction of sp³-hybridized carbons (Fsp3) is 0.444. The Bertz CT molecular complexity index is 658. The first-order chi connectivity index (χ1) is 11.2. The number of likely N-dealkylation sites (tertiary alicyclic amines) is 1. The highest BCUT2D eigenvalue weighted by Gasteiger charge is 2.23. The molecule has 2 aromatic rings. The maximum absolute atomic E-state index is 11.6. The Morgan fingerprint density at radius 2 is 2.35 bits per heavy atom. The summed E-state index contributed by atoms with van der Waals surface area (Å²) in [5, 5.41) is 3.03. The van der Waals surface area contributed by atoms with Crippen LogP contribution in [-0.4, -0.2) is 40.4 Å². The molecule has 122 valence electrons. The minimum absolute atomic E-state index is 0.110. The van der Waals surface area contributed by atoms with Crippen LogP contribution in [0, 0.1) is 5.92 Å². The standard InChI is InChI=1S/C18H24N4O/c1-2-3-8-18(23)19-11-14-9-10-22(12-14)13-17-20-15-6-4-5-7-16(15)21-17/h2-7,14H,8-13H2,1H3,(H,19,23)(H,20,21)/b3-2+/t14-/m1/s1. The molecule has 1 aromatic carbocycles. The number of allylic oxidation sites excluding steroid dienone is 1. The Hall–Kier alpha value is -2.14. The molecule has 2 heterocycles. The van der Waals surface area contributed by atoms with Crippen molar-refractivity contribution >= 4 is 16.9 Å². The molecule has 1 aliphatic rings. The second kappa shape index (κ2) is 7.42. The lowest BCUT2D eigenvalue weighted by Gasteiger charge is -2.14. The van der Waals surface area contributed by atoms with Gasteiger partial charge in [0.2, 0.25) is 5.91 Å². The van der Waals surface area contributed by atoms with E-state index in [0.717, 1.165) is 49.5 Å². The largest absolute Gasteiger partial charge is 0.356 e. The van der Waals surface area contributed by atoms with Crippen LogP contribution >= 0.6 is 0 Å². The number of hydrogen-bond donors (Lipinski definition) is 2. The van der Waals surface area contributed by atoms with Gasteiger partial charge in [0.1, 0.15) is 5.82 Å². The first-order valence-corrected chi connectivity index (χ1v) is 8.28. The van der Waals surface area contributed by atoms with E-state index in [2.05, 4.69) is 26.3 Å². The third-order valence-electron chi connectivity index (χ3n) is 4.31. The van der Waals surface area contributed by atoms with Gasteiger partial charge in [-0.1, -0.05) is 24.3 Å². The molecule has 1 aromatic heterocycles. The number of para-hydroxylation sites is 2. The Labute approximate surface area is 136 Å². The van der Waals surface area contributed by atoms with Gasteiger partial charge in [-0.3, -0.25) is 9.69 Å². The quantitative estimate of drug-likeness (QED) is 0.806. The molecule has 1 aliphatic heterocycles. The predicted octanol–water partition coefficient (Wildman–Crippen LogP) is 2.47. The number of fused-ring (bicyclic) bond motifs is 1. The summed E-state index contributed by atoms with van der Waals surface area (Å²) >= 11 is 0. The van der Waals surface area contributed by atoms with Crippen molar-refractivity contribution in [2.45, 2.75) is 26.3 Å². The zero-order valence-corrected chi connectivity index (χ0v) is 13.6. The van der Waals surface area contributed by atoms with Crippen molar-refractivity contribution in [2.24, 2.45) is 5.92 Å². The Kier molecular flexibility index (Phi) is 5.08. The molecule has 0 spiro atoms. The topological polar surface area (TPSA) is 61.0 Å². The van der Waals surface area contributed by atoms with Crippen LogP contribution in [0.15, 0.2) is 36.4 Å². The van der Waals surface area contributed by atoms with E-state index in [9.17, 15) is 4.79 Å². The van der Waals surface area contributed by atoms with Crippen LogP contribution in [0.1, 0.15) is 25.6 Å². The molecule has 1 atom stereocenters. The maximum Gasteiger partial charge on any atom is 0.223 e. The number of aromatic amines is 1. The van der Waals surface area contributed by atoms with E-state index >= 15 is 0 Å². The highest BCUT2D eigenvalue weighted by Crippen LogP contribution is 2.18. The highest BCUT2D eigenvalue weighted by molar-refractivity contribution is 5.77. The van der Waals surface area contributed by atoms with Gasteiger partial charge in [0.25, 0.3) is 0 Å². The van der Waals surface area contributed by atoms with E-state index in [4.69, 9.17) is 0 Å². The van der Waals surface area contributed by atoms with Gasteiger partial charge in [-0.2, -0.15) is 0 Å². The average Bonchev–Trinajstić information content (AvgIpc) is 3.17. The SMILES string of the molecule is C/C=C/CC(=O)NC[C@H]1CCN(Cc2nc3ccccc3[nH]2)C1. The van der Waals surface area contributed by atoms with Gasteiger partial charge in [0, 0.05) is 19.5 Å². The zero-order valence-electron chi connectivity index (χ0n) is 13.6. The van der Waals surface area contributed by atoms with Crippen LogP contribution in [0.25, 0.3) is 11.0 Å². The third-order valence-corrected chi connectivity index (χ3v) is 4.31. The number of amides is 1. The van der Waals surface area contributed by atoms with E-state index in [1.165, 1.54) is 0 Å². The smallest absolute Gasteiger partial charge is 0.223 e. The summed E-state index contributed by atoms with van der Waals surface area (Å²) in [6.45, 7) is 5.62. The van der Waals surface area contributed by atoms with Gasteiger partial charge < -0.3 is 10.3 Å². The first kappa shape index (κ1) is 15.7. The first-order valence-electron chi connectivity index (χ1n) is 8.28. The van der Waals surface area contributed by atoms with E-state index in [-0.39, 0.29) is 5.91 Å². The van der Waals surface area contributed by atoms with Gasteiger partial charge in [0.05, 0.1) is 17.6 Å². The molecule has 0 aliphatic carbocycles. The fourth-order valence-corrected chi connectivity index (χ4v) is 3.07. The van der Waals surface area contributed by atoms with Crippen molar-refractivity contribution in [2.75, 3.05) is 19.6 Å². The van der Waals surface area contributed by atoms with Crippen LogP contribution in [0.4, 0.5) is 0 Å². The molecule has 1 amide bonds. The Morgan fingerprint density at radius 3 is 3.17 bits per heavy atom. The molecule has 1 fully saturated rings. The predicted molar refractivity (Wildman–Crippen MR) is 91.9 cm³/mol. The molecule has 3 rings (SSSR count). The van der Waals surface area contributed by atoms with Crippen LogP contribution in [-0.2, 0) is 11.3 Å². The lowest BCUT2D eigenvalue weighted by Crippen LogP contribution is -2.30. The summed E-state index contributed by atoms with van der Waals surface area (Å²) in [6.07, 6.45) is 5.40. The number of rotatable bonds is 6. The Morgan fingerprint density at radius 1 is 1.48 bits per heavy atom. The third kappa shape index (κ3) is 4.20. The van der Waals surface area contributed by atoms with Crippen molar-refractivity contribution in [3.63, 3.8) is 0 Å². The average molecular weight is 312 g/mol. The molecule has 5 nitrogen and oxygen atoms in total. The van der Waals surface area contributed by atoms with E-state index in [0.29, 0.717) is 12.3 Å². The summed E-state index contributed by atoms with van der Waals surface area (Å²) in [7, 11) is 0. The Balaban J connectivity index is 1.47. The van der Waals surface area contributed by atoms with Gasteiger partial charge in [-0.15, -0.1) is 0 Å². The molecular formula is C18H24N4O. The molecule has 23 heavy (non-hydrogen) atoms. The number of aromatic nitrogens is 2. The van der Waals surface area contributed by atoms with E-state index in [1.54, 1.807) is 0 Å². The molecule has 0 radical (unpaired) electrons. The van der Waals surface area contributed by atoms with Crippen molar-refractivity contribution in [3.05, 3.63) is 42.2 Å².